The molecule has 0 aliphatic carbocycles. The Kier molecular flexibility index (Phi) is 4.23. The quantitative estimate of drug-likeness (QED) is 0.315. The fourth-order valence-electron chi connectivity index (χ4n) is 0.254. The van der Waals surface area contributed by atoms with E-state index in [1.54, 1.807) is 6.92 Å². The van der Waals surface area contributed by atoms with Crippen molar-refractivity contribution in [1.82, 2.24) is 0 Å². The van der Waals surface area contributed by atoms with Crippen LogP contribution in [0.25, 0.3) is 0 Å². The Hall–Kier alpha value is -1.10. The van der Waals surface area contributed by atoms with Crippen molar-refractivity contribution >= 4 is 12.4 Å². The summed E-state index contributed by atoms with van der Waals surface area (Å²) in [4.78, 5) is 13.2. The van der Waals surface area contributed by atoms with E-state index >= 15 is 0 Å². The SMILES string of the molecule is CC(N)OC=NCC(=O)O. The minimum absolute atomic E-state index is 0.285. The molecule has 58 valence electrons. The lowest BCUT2D eigenvalue weighted by Gasteiger charge is -2.00. The Balaban J connectivity index is 3.29. The van der Waals surface area contributed by atoms with Crippen molar-refractivity contribution in [3.63, 3.8) is 0 Å². The molecule has 0 saturated heterocycles. The molecule has 0 aliphatic heterocycles. The van der Waals surface area contributed by atoms with Crippen molar-refractivity contribution in [2.24, 2.45) is 10.7 Å². The topological polar surface area (TPSA) is 84.9 Å². The fraction of sp³-hybridized carbons (Fsp3) is 0.600. The molecule has 5 nitrogen and oxygen atoms in total. The van der Waals surface area contributed by atoms with Gasteiger partial charge in [0.25, 0.3) is 0 Å². The minimum atomic E-state index is -0.996. The van der Waals surface area contributed by atoms with E-state index < -0.39 is 12.2 Å². The number of carboxylic acid groups (broad SMARTS) is 1. The first kappa shape index (κ1) is 8.90. The number of nitrogens with two attached hydrogens (primary N) is 1. The van der Waals surface area contributed by atoms with E-state index in [1.165, 1.54) is 0 Å². The maximum atomic E-state index is 9.84. The first-order chi connectivity index (χ1) is 4.63. The zero-order chi connectivity index (χ0) is 7.98. The Morgan fingerprint density at radius 2 is 2.60 bits per heavy atom. The molecule has 0 rings (SSSR count). The third-order valence-corrected chi connectivity index (χ3v) is 0.577. The van der Waals surface area contributed by atoms with Crippen LogP contribution in [0.3, 0.4) is 0 Å². The van der Waals surface area contributed by atoms with Crippen molar-refractivity contribution in [1.29, 1.82) is 0 Å². The van der Waals surface area contributed by atoms with E-state index in [-0.39, 0.29) is 6.54 Å². The second-order valence-electron chi connectivity index (χ2n) is 1.68. The lowest BCUT2D eigenvalue weighted by atomic mass is 10.7. The lowest BCUT2D eigenvalue weighted by Crippen LogP contribution is -2.18. The van der Waals surface area contributed by atoms with Gasteiger partial charge in [-0.25, -0.2) is 4.99 Å². The van der Waals surface area contributed by atoms with E-state index in [4.69, 9.17) is 10.8 Å². The lowest BCUT2D eigenvalue weighted by molar-refractivity contribution is -0.135. The van der Waals surface area contributed by atoms with Crippen LogP contribution in [-0.4, -0.2) is 30.2 Å². The Morgan fingerprint density at radius 3 is 3.00 bits per heavy atom. The van der Waals surface area contributed by atoms with E-state index in [2.05, 4.69) is 9.73 Å². The molecule has 3 N–H and O–H groups in total. The molecule has 1 unspecified atom stereocenters. The summed E-state index contributed by atoms with van der Waals surface area (Å²) >= 11 is 0. The van der Waals surface area contributed by atoms with Gasteiger partial charge >= 0.3 is 5.97 Å². The number of nitrogens with zero attached hydrogens (tertiary/aromatic N) is 1. The highest BCUT2D eigenvalue weighted by molar-refractivity contribution is 5.70. The summed E-state index contributed by atoms with van der Waals surface area (Å²) in [6.07, 6.45) is 0.594. The van der Waals surface area contributed by atoms with E-state index in [1.807, 2.05) is 0 Å². The summed E-state index contributed by atoms with van der Waals surface area (Å²) in [6.45, 7) is 1.33. The first-order valence-corrected chi connectivity index (χ1v) is 2.74. The fourth-order valence-corrected chi connectivity index (χ4v) is 0.254. The average Bonchev–Trinajstić information content (AvgIpc) is 1.79. The summed E-state index contributed by atoms with van der Waals surface area (Å²) in [5, 5.41) is 8.08. The monoisotopic (exact) mass is 146 g/mol. The predicted octanol–water partition coefficient (Wildman–Crippen LogP) is -0.579. The molecule has 0 amide bonds. The predicted molar refractivity (Wildman–Crippen MR) is 35.7 cm³/mol. The highest BCUT2D eigenvalue weighted by Gasteiger charge is 1.90. The molecule has 5 heteroatoms. The third-order valence-electron chi connectivity index (χ3n) is 0.577. The number of aliphatic imine (C=N–C) groups is 1. The van der Waals surface area contributed by atoms with Gasteiger partial charge in [0.1, 0.15) is 12.8 Å². The summed E-state index contributed by atoms with van der Waals surface area (Å²) in [5.74, 6) is -0.996. The molecule has 0 saturated carbocycles. The van der Waals surface area contributed by atoms with Gasteiger partial charge in [-0.3, -0.25) is 10.5 Å². The molecule has 0 heterocycles. The van der Waals surface area contributed by atoms with Crippen molar-refractivity contribution in [3.8, 4) is 0 Å². The number of ether oxygens (including phenoxy) is 1. The van der Waals surface area contributed by atoms with Crippen LogP contribution in [0.15, 0.2) is 4.99 Å². The third kappa shape index (κ3) is 6.90. The van der Waals surface area contributed by atoms with Crippen LogP contribution in [0.4, 0.5) is 0 Å². The van der Waals surface area contributed by atoms with Crippen molar-refractivity contribution < 1.29 is 14.6 Å². The molecule has 0 radical (unpaired) electrons. The molecule has 0 bridgehead atoms. The molecule has 0 aliphatic rings. The van der Waals surface area contributed by atoms with Crippen LogP contribution in [0.1, 0.15) is 6.92 Å². The zero-order valence-corrected chi connectivity index (χ0v) is 5.65. The minimum Gasteiger partial charge on any atom is -0.480 e. The Labute approximate surface area is 58.5 Å². The van der Waals surface area contributed by atoms with Crippen LogP contribution in [0, 0.1) is 0 Å². The number of hydrogen-bond acceptors (Lipinski definition) is 4. The van der Waals surface area contributed by atoms with Gasteiger partial charge in [-0.1, -0.05) is 0 Å². The highest BCUT2D eigenvalue weighted by atomic mass is 16.5. The number of hydrogen-bond donors (Lipinski definition) is 2. The normalized spacial score (nSPS) is 13.4. The second-order valence-corrected chi connectivity index (χ2v) is 1.68. The molecule has 1 atom stereocenters. The smallest absolute Gasteiger partial charge is 0.325 e. The van der Waals surface area contributed by atoms with Crippen LogP contribution in [0.2, 0.25) is 0 Å². The number of rotatable bonds is 4. The van der Waals surface area contributed by atoms with Gasteiger partial charge in [0.2, 0.25) is 0 Å². The molecular formula is C5H10N2O3. The van der Waals surface area contributed by atoms with E-state index in [0.717, 1.165) is 6.40 Å². The zero-order valence-electron chi connectivity index (χ0n) is 5.65. The molecule has 0 fully saturated rings. The average molecular weight is 146 g/mol. The molecule has 10 heavy (non-hydrogen) atoms. The van der Waals surface area contributed by atoms with Crippen LogP contribution >= 0.6 is 0 Å². The van der Waals surface area contributed by atoms with E-state index in [9.17, 15) is 4.79 Å². The highest BCUT2D eigenvalue weighted by Crippen LogP contribution is 1.75. The summed E-state index contributed by atoms with van der Waals surface area (Å²) in [6, 6.07) is 0. The van der Waals surface area contributed by atoms with Crippen molar-refractivity contribution in [3.05, 3.63) is 0 Å². The molecule has 0 aromatic heterocycles. The van der Waals surface area contributed by atoms with Gasteiger partial charge in [0.05, 0.1) is 0 Å². The standard InChI is InChI=1S/C5H10N2O3/c1-4(6)10-3-7-2-5(8)9/h3-4H,2,6H2,1H3,(H,8,9). The number of carboxylic acids is 1. The van der Waals surface area contributed by atoms with Gasteiger partial charge in [0, 0.05) is 0 Å². The van der Waals surface area contributed by atoms with Gasteiger partial charge < -0.3 is 9.84 Å². The van der Waals surface area contributed by atoms with Gasteiger partial charge in [0.15, 0.2) is 6.40 Å². The van der Waals surface area contributed by atoms with E-state index in [0.29, 0.717) is 0 Å². The number of carbonyl (C=O) groups is 1. The Bertz CT molecular complexity index is 133. The summed E-state index contributed by atoms with van der Waals surface area (Å²) < 4.78 is 4.62. The van der Waals surface area contributed by atoms with Gasteiger partial charge in [-0.15, -0.1) is 0 Å². The Morgan fingerprint density at radius 1 is 2.00 bits per heavy atom. The van der Waals surface area contributed by atoms with Crippen LogP contribution < -0.4 is 5.73 Å². The van der Waals surface area contributed by atoms with Crippen molar-refractivity contribution in [2.75, 3.05) is 6.54 Å². The first-order valence-electron chi connectivity index (χ1n) is 2.74. The molecule has 0 aromatic rings. The number of aliphatic carboxylic acids is 1. The maximum Gasteiger partial charge on any atom is 0.325 e. The summed E-state index contributed by atoms with van der Waals surface area (Å²) in [5.41, 5.74) is 5.15. The van der Waals surface area contributed by atoms with Crippen molar-refractivity contribution in [2.45, 2.75) is 13.2 Å². The van der Waals surface area contributed by atoms with Crippen LogP contribution in [0.5, 0.6) is 0 Å². The van der Waals surface area contributed by atoms with Gasteiger partial charge in [-0.05, 0) is 6.92 Å². The second kappa shape index (κ2) is 4.75. The molecule has 0 spiro atoms. The maximum absolute atomic E-state index is 9.84. The van der Waals surface area contributed by atoms with Gasteiger partial charge in [-0.2, -0.15) is 0 Å². The summed E-state index contributed by atoms with van der Waals surface area (Å²) in [7, 11) is 0. The molecular weight excluding hydrogens is 136 g/mol. The molecule has 0 aromatic carbocycles. The largest absolute Gasteiger partial charge is 0.480 e. The van der Waals surface area contributed by atoms with Crippen LogP contribution in [-0.2, 0) is 9.53 Å².